The average molecular weight is 844 g/mol. The first-order valence-electron chi connectivity index (χ1n) is 23.0. The van der Waals surface area contributed by atoms with Gasteiger partial charge in [-0.15, -0.1) is 0 Å². The molecule has 0 aliphatic heterocycles. The minimum atomic E-state index is -0.493. The van der Waals surface area contributed by atoms with Gasteiger partial charge in [-0.25, -0.2) is 0 Å². The summed E-state index contributed by atoms with van der Waals surface area (Å²) in [6.45, 7) is 4.70. The molecule has 0 saturated heterocycles. The summed E-state index contributed by atoms with van der Waals surface area (Å²) < 4.78 is 7.25. The molecule has 1 heterocycles. The number of anilines is 3. The molecule has 10 aromatic carbocycles. The highest BCUT2D eigenvalue weighted by atomic mass is 16.3. The molecule has 1 aromatic heterocycles. The Balaban J connectivity index is 0.947. The fourth-order valence-electron chi connectivity index (χ4n) is 11.5. The summed E-state index contributed by atoms with van der Waals surface area (Å²) in [7, 11) is 0. The van der Waals surface area contributed by atoms with Crippen LogP contribution in [-0.4, -0.2) is 0 Å². The van der Waals surface area contributed by atoms with Crippen LogP contribution >= 0.6 is 0 Å². The van der Waals surface area contributed by atoms with E-state index in [1.807, 2.05) is 0 Å². The normalized spacial score (nSPS) is 13.8. The van der Waals surface area contributed by atoms with Gasteiger partial charge in [0.05, 0.1) is 5.41 Å². The van der Waals surface area contributed by atoms with E-state index in [2.05, 4.69) is 255 Å². The zero-order valence-electron chi connectivity index (χ0n) is 36.9. The third kappa shape index (κ3) is 5.55. The molecule has 2 aliphatic carbocycles. The lowest BCUT2D eigenvalue weighted by atomic mass is 9.68. The summed E-state index contributed by atoms with van der Waals surface area (Å²) >= 11 is 0. The zero-order chi connectivity index (χ0) is 44.0. The number of furan rings is 1. The standard InChI is InChI=1S/C64H45NO/c1-63(2)56-27-14-12-23-51(56)52-38-37-49(41-59(52)63)65(47-33-29-43(30-34-47)42-17-6-3-7-18-42)48-35-31-44(32-36-48)50-25-16-26-53-54-39-40-58-60(62(54)66-61(50)53)55-24-13-15-28-57(55)64(58,45-19-8-4-9-20-45)46-21-10-5-11-22-46/h3-41H,1-2H3. The van der Waals surface area contributed by atoms with E-state index in [0.29, 0.717) is 0 Å². The monoisotopic (exact) mass is 843 g/mol. The largest absolute Gasteiger partial charge is 0.455 e. The van der Waals surface area contributed by atoms with Crippen molar-refractivity contribution in [2.24, 2.45) is 0 Å². The summed E-state index contributed by atoms with van der Waals surface area (Å²) in [4.78, 5) is 2.39. The summed E-state index contributed by atoms with van der Waals surface area (Å²) in [5, 5.41) is 2.24. The molecule has 66 heavy (non-hydrogen) atoms. The van der Waals surface area contributed by atoms with Crippen LogP contribution in [0.4, 0.5) is 17.1 Å². The predicted octanol–water partition coefficient (Wildman–Crippen LogP) is 17.1. The smallest absolute Gasteiger partial charge is 0.143 e. The molecule has 312 valence electrons. The second kappa shape index (κ2) is 14.7. The van der Waals surface area contributed by atoms with E-state index in [0.717, 1.165) is 50.1 Å². The minimum absolute atomic E-state index is 0.118. The van der Waals surface area contributed by atoms with Gasteiger partial charge in [0.2, 0.25) is 0 Å². The highest BCUT2D eigenvalue weighted by Gasteiger charge is 2.47. The number of hydrogen-bond donors (Lipinski definition) is 0. The Bertz CT molecular complexity index is 3600. The number of nitrogens with zero attached hydrogens (tertiary/aromatic N) is 1. The maximum Gasteiger partial charge on any atom is 0.143 e. The predicted molar refractivity (Wildman–Crippen MR) is 274 cm³/mol. The van der Waals surface area contributed by atoms with Crippen LogP contribution in [0.1, 0.15) is 47.2 Å². The minimum Gasteiger partial charge on any atom is -0.455 e. The van der Waals surface area contributed by atoms with Crippen LogP contribution < -0.4 is 4.90 Å². The molecule has 0 saturated carbocycles. The lowest BCUT2D eigenvalue weighted by Gasteiger charge is -2.33. The van der Waals surface area contributed by atoms with E-state index in [9.17, 15) is 0 Å². The maximum absolute atomic E-state index is 7.25. The van der Waals surface area contributed by atoms with E-state index in [1.54, 1.807) is 0 Å². The van der Waals surface area contributed by atoms with Gasteiger partial charge in [0.25, 0.3) is 0 Å². The molecular formula is C64H45NO. The summed E-state index contributed by atoms with van der Waals surface area (Å²) in [5.41, 5.74) is 21.9. The van der Waals surface area contributed by atoms with E-state index in [-0.39, 0.29) is 5.41 Å². The number of benzene rings is 10. The Labute approximate surface area is 385 Å². The fraction of sp³-hybridized carbons (Fsp3) is 0.0625. The van der Waals surface area contributed by atoms with Gasteiger partial charge >= 0.3 is 0 Å². The first kappa shape index (κ1) is 38.3. The van der Waals surface area contributed by atoms with Gasteiger partial charge in [-0.05, 0) is 103 Å². The van der Waals surface area contributed by atoms with Crippen LogP contribution in [0.25, 0.3) is 66.4 Å². The molecule has 0 atom stereocenters. The van der Waals surface area contributed by atoms with Crippen molar-refractivity contribution in [3.8, 4) is 44.5 Å². The molecule has 2 heteroatoms. The summed E-state index contributed by atoms with van der Waals surface area (Å²) in [5.74, 6) is 0. The Kier molecular flexibility index (Phi) is 8.51. The van der Waals surface area contributed by atoms with Crippen LogP contribution in [-0.2, 0) is 10.8 Å². The molecule has 0 amide bonds. The van der Waals surface area contributed by atoms with Gasteiger partial charge in [-0.3, -0.25) is 0 Å². The van der Waals surface area contributed by atoms with Gasteiger partial charge in [0, 0.05) is 44.4 Å². The van der Waals surface area contributed by atoms with E-state index in [4.69, 9.17) is 4.42 Å². The fourth-order valence-corrected chi connectivity index (χ4v) is 11.5. The SMILES string of the molecule is CC1(C)c2ccccc2-c2ccc(N(c3ccc(-c4ccccc4)cc3)c3ccc(-c4cccc5c4oc4c6c(ccc45)C(c4ccccc4)(c4ccccc4)c4ccccc4-6)cc3)cc21. The summed E-state index contributed by atoms with van der Waals surface area (Å²) in [6.07, 6.45) is 0. The number of para-hydroxylation sites is 1. The van der Waals surface area contributed by atoms with Gasteiger partial charge < -0.3 is 9.32 Å². The van der Waals surface area contributed by atoms with Crippen LogP contribution in [0, 0.1) is 0 Å². The van der Waals surface area contributed by atoms with Crippen molar-refractivity contribution < 1.29 is 4.42 Å². The molecule has 2 aliphatic rings. The average Bonchev–Trinajstić information content (AvgIpc) is 3.99. The van der Waals surface area contributed by atoms with Crippen molar-refractivity contribution in [2.45, 2.75) is 24.7 Å². The van der Waals surface area contributed by atoms with Crippen molar-refractivity contribution in [1.29, 1.82) is 0 Å². The highest BCUT2D eigenvalue weighted by Crippen LogP contribution is 2.59. The second-order valence-electron chi connectivity index (χ2n) is 18.4. The first-order valence-corrected chi connectivity index (χ1v) is 23.0. The van der Waals surface area contributed by atoms with Crippen molar-refractivity contribution in [2.75, 3.05) is 4.90 Å². The molecule has 0 radical (unpaired) electrons. The van der Waals surface area contributed by atoms with E-state index >= 15 is 0 Å². The van der Waals surface area contributed by atoms with Crippen LogP contribution in [0.2, 0.25) is 0 Å². The van der Waals surface area contributed by atoms with Crippen molar-refractivity contribution >= 4 is 39.0 Å². The molecule has 0 bridgehead atoms. The number of rotatable bonds is 7. The summed E-state index contributed by atoms with van der Waals surface area (Å²) in [6, 6.07) is 86.5. The van der Waals surface area contributed by atoms with Gasteiger partial charge in [0.1, 0.15) is 11.2 Å². The van der Waals surface area contributed by atoms with Crippen molar-refractivity contribution in [1.82, 2.24) is 0 Å². The third-order valence-corrected chi connectivity index (χ3v) is 14.6. The third-order valence-electron chi connectivity index (χ3n) is 14.6. The van der Waals surface area contributed by atoms with E-state index < -0.39 is 5.41 Å². The van der Waals surface area contributed by atoms with Crippen LogP contribution in [0.3, 0.4) is 0 Å². The first-order chi connectivity index (χ1) is 32.5. The Morgan fingerprint density at radius 3 is 1.53 bits per heavy atom. The zero-order valence-corrected chi connectivity index (χ0v) is 36.9. The topological polar surface area (TPSA) is 16.4 Å². The molecule has 0 fully saturated rings. The Hall–Kier alpha value is -8.20. The van der Waals surface area contributed by atoms with Crippen molar-refractivity contribution in [3.05, 3.63) is 270 Å². The molecule has 0 N–H and O–H groups in total. The Morgan fingerprint density at radius 1 is 0.333 bits per heavy atom. The molecule has 13 rings (SSSR count). The molecule has 0 unspecified atom stereocenters. The molecule has 11 aromatic rings. The molecule has 0 spiro atoms. The molecular weight excluding hydrogens is 799 g/mol. The quantitative estimate of drug-likeness (QED) is 0.159. The van der Waals surface area contributed by atoms with Crippen molar-refractivity contribution in [3.63, 3.8) is 0 Å². The van der Waals surface area contributed by atoms with Gasteiger partial charge in [0.15, 0.2) is 0 Å². The second-order valence-corrected chi connectivity index (χ2v) is 18.4. The number of fused-ring (bicyclic) bond motifs is 10. The lowest BCUT2D eigenvalue weighted by molar-refractivity contribution is 0.660. The van der Waals surface area contributed by atoms with Crippen LogP contribution in [0.15, 0.2) is 241 Å². The van der Waals surface area contributed by atoms with Gasteiger partial charge in [-0.1, -0.05) is 214 Å². The Morgan fingerprint density at radius 2 is 0.848 bits per heavy atom. The number of hydrogen-bond acceptors (Lipinski definition) is 2. The maximum atomic E-state index is 7.25. The highest BCUT2D eigenvalue weighted by molar-refractivity contribution is 6.15. The van der Waals surface area contributed by atoms with E-state index in [1.165, 1.54) is 66.8 Å². The molecule has 2 nitrogen and oxygen atoms in total. The van der Waals surface area contributed by atoms with Crippen LogP contribution in [0.5, 0.6) is 0 Å². The van der Waals surface area contributed by atoms with Gasteiger partial charge in [-0.2, -0.15) is 0 Å². The lowest BCUT2D eigenvalue weighted by Crippen LogP contribution is -2.28.